The summed E-state index contributed by atoms with van der Waals surface area (Å²) in [5.74, 6) is 22.1. The maximum Gasteiger partial charge on any atom is 0.306 e. The van der Waals surface area contributed by atoms with Crippen LogP contribution in [0.3, 0.4) is 0 Å². The largest absolute Gasteiger partial charge is 0.481 e. The molecule has 2 heteroatoms. The molecule has 0 aliphatic heterocycles. The number of fused-ring (bicyclic) bond motifs is 11. The molecule has 53 heavy (non-hydrogen) atoms. The van der Waals surface area contributed by atoms with Crippen molar-refractivity contribution in [3.8, 4) is 0 Å². The number of carboxylic acid groups (broad SMARTS) is 1. The number of hydrogen-bond acceptors (Lipinski definition) is 1. The molecule has 12 rings (SSSR count). The number of carbonyl (C=O) groups is 1. The van der Waals surface area contributed by atoms with Crippen LogP contribution in [0.2, 0.25) is 0 Å². The molecular formula is C51H78O2. The summed E-state index contributed by atoms with van der Waals surface area (Å²) in [5.41, 5.74) is 0. The van der Waals surface area contributed by atoms with Gasteiger partial charge >= 0.3 is 5.97 Å². The highest BCUT2D eigenvalue weighted by Crippen LogP contribution is 2.65. The summed E-state index contributed by atoms with van der Waals surface area (Å²) in [4.78, 5) is 12.2. The SMILES string of the molecule is O=C(O)C1CCCC2CC3CC4CC5CC6CC7CC8CC9CC%10CC%11CC%12CCCCC%12CC%11CC%10CC9CC8CC7CC6CC5CC4CC3CC21. The second-order valence-electron chi connectivity index (χ2n) is 24.5. The van der Waals surface area contributed by atoms with Crippen LogP contribution in [0, 0.1) is 136 Å². The molecule has 12 aliphatic carbocycles. The average molecular weight is 723 g/mol. The molecule has 0 spiro atoms. The van der Waals surface area contributed by atoms with Crippen molar-refractivity contribution in [2.75, 3.05) is 0 Å². The number of aliphatic carboxylic acids is 1. The first kappa shape index (κ1) is 34.5. The van der Waals surface area contributed by atoms with Gasteiger partial charge < -0.3 is 5.11 Å². The van der Waals surface area contributed by atoms with Gasteiger partial charge in [0.15, 0.2) is 0 Å². The zero-order valence-corrected chi connectivity index (χ0v) is 33.7. The summed E-state index contributed by atoms with van der Waals surface area (Å²) in [6, 6.07) is 0. The van der Waals surface area contributed by atoms with Crippen LogP contribution in [0.4, 0.5) is 0 Å². The lowest BCUT2D eigenvalue weighted by molar-refractivity contribution is -0.149. The molecule has 0 amide bonds. The van der Waals surface area contributed by atoms with Crippen LogP contribution in [-0.2, 0) is 4.79 Å². The molecule has 23 unspecified atom stereocenters. The normalized spacial score (nSPS) is 59.5. The summed E-state index contributed by atoms with van der Waals surface area (Å²) in [6.07, 6.45) is 41.5. The Labute approximate surface area is 324 Å². The van der Waals surface area contributed by atoms with Gasteiger partial charge in [-0.25, -0.2) is 0 Å². The van der Waals surface area contributed by atoms with Gasteiger partial charge in [-0.1, -0.05) is 38.5 Å². The van der Waals surface area contributed by atoms with E-state index in [0.29, 0.717) is 5.92 Å². The Hall–Kier alpha value is -0.530. The van der Waals surface area contributed by atoms with Crippen LogP contribution in [-0.4, -0.2) is 11.1 Å². The van der Waals surface area contributed by atoms with Gasteiger partial charge in [-0.3, -0.25) is 4.79 Å². The fourth-order valence-corrected chi connectivity index (χ4v) is 20.6. The molecule has 23 atom stereocenters. The van der Waals surface area contributed by atoms with E-state index < -0.39 is 5.97 Å². The minimum absolute atomic E-state index is 0.0283. The van der Waals surface area contributed by atoms with E-state index in [1.807, 2.05) is 0 Å². The maximum atomic E-state index is 12.2. The molecule has 0 bridgehead atoms. The van der Waals surface area contributed by atoms with Crippen molar-refractivity contribution in [2.45, 2.75) is 173 Å². The van der Waals surface area contributed by atoms with Gasteiger partial charge in [-0.2, -0.15) is 0 Å². The Kier molecular flexibility index (Phi) is 8.80. The molecule has 0 aromatic rings. The van der Waals surface area contributed by atoms with Crippen LogP contribution in [0.15, 0.2) is 0 Å². The van der Waals surface area contributed by atoms with Gasteiger partial charge in [0.1, 0.15) is 0 Å². The standard InChI is InChI=1S/C51H78O2/c52-51(53)49-7-3-6-30-10-33-13-36-16-39-19-42-22-43-20-40-17-37-14-34-11-31-8-28-4-1-2-5-29(28)9-32(31)12-35(34)15-38(37)18-41(40)21-44(43)23-45(42)24-46(39)25-47(36)26-48(33)27-50(30)49/h28-50H,1-27H2,(H,52,53). The maximum absolute atomic E-state index is 12.2. The first-order valence-electron chi connectivity index (χ1n) is 25.2. The number of carboxylic acids is 1. The summed E-state index contributed by atoms with van der Waals surface area (Å²) >= 11 is 0. The zero-order valence-electron chi connectivity index (χ0n) is 33.7. The van der Waals surface area contributed by atoms with E-state index in [0.717, 1.165) is 131 Å². The Bertz CT molecular complexity index is 1370. The van der Waals surface area contributed by atoms with Crippen LogP contribution >= 0.6 is 0 Å². The average Bonchev–Trinajstić information content (AvgIpc) is 3.15. The Morgan fingerprint density at radius 3 is 0.774 bits per heavy atom. The van der Waals surface area contributed by atoms with Gasteiger partial charge in [0, 0.05) is 0 Å². The molecule has 0 radical (unpaired) electrons. The molecule has 0 saturated heterocycles. The van der Waals surface area contributed by atoms with E-state index in [4.69, 9.17) is 0 Å². The first-order chi connectivity index (χ1) is 26.0. The third-order valence-corrected chi connectivity index (χ3v) is 22.7. The summed E-state index contributed by atoms with van der Waals surface area (Å²) in [6.45, 7) is 0. The van der Waals surface area contributed by atoms with Crippen LogP contribution < -0.4 is 0 Å². The second kappa shape index (κ2) is 13.5. The molecule has 0 heterocycles. The molecule has 1 N–H and O–H groups in total. The van der Waals surface area contributed by atoms with Gasteiger partial charge in [0.05, 0.1) is 5.92 Å². The smallest absolute Gasteiger partial charge is 0.306 e. The van der Waals surface area contributed by atoms with E-state index in [-0.39, 0.29) is 5.92 Å². The fourth-order valence-electron chi connectivity index (χ4n) is 20.6. The Morgan fingerprint density at radius 2 is 0.491 bits per heavy atom. The lowest BCUT2D eigenvalue weighted by Gasteiger charge is -2.59. The third kappa shape index (κ3) is 6.04. The highest BCUT2D eigenvalue weighted by Gasteiger charge is 2.55. The fraction of sp³-hybridized carbons (Fsp3) is 0.980. The van der Waals surface area contributed by atoms with Gasteiger partial charge in [-0.15, -0.1) is 0 Å². The second-order valence-corrected chi connectivity index (χ2v) is 24.5. The van der Waals surface area contributed by atoms with E-state index in [1.165, 1.54) is 38.5 Å². The monoisotopic (exact) mass is 723 g/mol. The summed E-state index contributed by atoms with van der Waals surface area (Å²) in [5, 5.41) is 10.1. The van der Waals surface area contributed by atoms with Crippen LogP contribution in [0.1, 0.15) is 173 Å². The molecule has 12 saturated carbocycles. The molecule has 12 fully saturated rings. The Balaban J connectivity index is 0.675. The minimum Gasteiger partial charge on any atom is -0.481 e. The molecule has 0 aromatic heterocycles. The quantitative estimate of drug-likeness (QED) is 0.293. The highest BCUT2D eigenvalue weighted by atomic mass is 16.4. The predicted octanol–water partition coefficient (Wildman–Crippen LogP) is 12.9. The summed E-state index contributed by atoms with van der Waals surface area (Å²) in [7, 11) is 0. The molecule has 294 valence electrons. The highest BCUT2D eigenvalue weighted by molar-refractivity contribution is 5.70. The predicted molar refractivity (Wildman–Crippen MR) is 213 cm³/mol. The van der Waals surface area contributed by atoms with Crippen molar-refractivity contribution in [3.63, 3.8) is 0 Å². The van der Waals surface area contributed by atoms with Gasteiger partial charge in [-0.05, 0) is 265 Å². The van der Waals surface area contributed by atoms with Crippen molar-refractivity contribution < 1.29 is 9.90 Å². The molecule has 12 aliphatic rings. The topological polar surface area (TPSA) is 37.3 Å². The molecule has 0 aromatic carbocycles. The van der Waals surface area contributed by atoms with Gasteiger partial charge in [0.2, 0.25) is 0 Å². The van der Waals surface area contributed by atoms with Crippen LogP contribution in [0.5, 0.6) is 0 Å². The van der Waals surface area contributed by atoms with E-state index in [9.17, 15) is 9.90 Å². The van der Waals surface area contributed by atoms with Gasteiger partial charge in [0.25, 0.3) is 0 Å². The van der Waals surface area contributed by atoms with Crippen molar-refractivity contribution in [2.24, 2.45) is 136 Å². The first-order valence-corrected chi connectivity index (χ1v) is 25.2. The molecule has 2 nitrogen and oxygen atoms in total. The van der Waals surface area contributed by atoms with E-state index in [1.54, 1.807) is 128 Å². The number of rotatable bonds is 1. The van der Waals surface area contributed by atoms with Crippen molar-refractivity contribution in [1.82, 2.24) is 0 Å². The molecular weight excluding hydrogens is 645 g/mol. The van der Waals surface area contributed by atoms with E-state index in [2.05, 4.69) is 0 Å². The van der Waals surface area contributed by atoms with E-state index >= 15 is 0 Å². The third-order valence-electron chi connectivity index (χ3n) is 22.7. The van der Waals surface area contributed by atoms with Crippen molar-refractivity contribution in [3.05, 3.63) is 0 Å². The zero-order chi connectivity index (χ0) is 34.9. The lowest BCUT2D eigenvalue weighted by atomic mass is 9.46. The summed E-state index contributed by atoms with van der Waals surface area (Å²) < 4.78 is 0. The van der Waals surface area contributed by atoms with Crippen molar-refractivity contribution >= 4 is 5.97 Å². The van der Waals surface area contributed by atoms with Crippen LogP contribution in [0.25, 0.3) is 0 Å². The van der Waals surface area contributed by atoms with Crippen molar-refractivity contribution in [1.29, 1.82) is 0 Å². The Morgan fingerprint density at radius 1 is 0.264 bits per heavy atom. The number of hydrogen-bond donors (Lipinski definition) is 1. The minimum atomic E-state index is -0.472. The lowest BCUT2D eigenvalue weighted by Crippen LogP contribution is -2.50.